The van der Waals surface area contributed by atoms with Gasteiger partial charge in [0.25, 0.3) is 10.0 Å². The summed E-state index contributed by atoms with van der Waals surface area (Å²) in [6.45, 7) is 0. The lowest BCUT2D eigenvalue weighted by Gasteiger charge is -2.20. The largest absolute Gasteiger partial charge is 0.508 e. The van der Waals surface area contributed by atoms with Gasteiger partial charge in [0.1, 0.15) is 11.5 Å². The maximum atomic E-state index is 12.6. The van der Waals surface area contributed by atoms with Crippen LogP contribution in [0.15, 0.2) is 47.4 Å². The van der Waals surface area contributed by atoms with Crippen LogP contribution in [0.25, 0.3) is 0 Å². The number of hydrogen-bond acceptors (Lipinski definition) is 5. The molecule has 0 spiro atoms. The van der Waals surface area contributed by atoms with Crippen LogP contribution in [0.5, 0.6) is 11.5 Å². The highest BCUT2D eigenvalue weighted by molar-refractivity contribution is 7.92. The van der Waals surface area contributed by atoms with Crippen molar-refractivity contribution in [3.05, 3.63) is 42.5 Å². The molecule has 6 nitrogen and oxygen atoms in total. The third-order valence-corrected chi connectivity index (χ3v) is 4.86. The van der Waals surface area contributed by atoms with Crippen molar-refractivity contribution in [1.29, 1.82) is 0 Å². The molecule has 2 aromatic rings. The number of nitrogens with two attached hydrogens (primary N) is 1. The Labute approximate surface area is 123 Å². The molecule has 0 aliphatic carbocycles. The van der Waals surface area contributed by atoms with Crippen LogP contribution in [0.1, 0.15) is 0 Å². The number of sulfonamides is 1. The lowest BCUT2D eigenvalue weighted by atomic mass is 10.3. The number of nitrogen functional groups attached to an aromatic ring is 1. The normalized spacial score (nSPS) is 11.1. The number of phenolic OH excluding ortho intramolecular Hbond substituents is 1. The first-order valence-electron chi connectivity index (χ1n) is 6.07. The van der Waals surface area contributed by atoms with Crippen molar-refractivity contribution in [2.45, 2.75) is 4.90 Å². The van der Waals surface area contributed by atoms with Crippen LogP contribution in [-0.2, 0) is 10.0 Å². The van der Waals surface area contributed by atoms with Gasteiger partial charge in [-0.3, -0.25) is 4.31 Å². The topological polar surface area (TPSA) is 92.9 Å². The standard InChI is InChI=1S/C14H16N2O4S/c1-16(10-3-5-11(17)6-4-10)21(18,19)12-7-8-13(15)14(9-12)20-2/h3-9,17H,15H2,1-2H3. The quantitative estimate of drug-likeness (QED) is 0.840. The van der Waals surface area contributed by atoms with Crippen LogP contribution < -0.4 is 14.8 Å². The van der Waals surface area contributed by atoms with E-state index in [4.69, 9.17) is 10.5 Å². The minimum atomic E-state index is -3.74. The van der Waals surface area contributed by atoms with E-state index in [0.29, 0.717) is 17.1 Å². The number of aromatic hydroxyl groups is 1. The van der Waals surface area contributed by atoms with Crippen LogP contribution in [0.4, 0.5) is 11.4 Å². The molecule has 0 amide bonds. The summed E-state index contributed by atoms with van der Waals surface area (Å²) in [6, 6.07) is 10.2. The van der Waals surface area contributed by atoms with E-state index >= 15 is 0 Å². The lowest BCUT2D eigenvalue weighted by molar-refractivity contribution is 0.415. The highest BCUT2D eigenvalue weighted by Crippen LogP contribution is 2.28. The third kappa shape index (κ3) is 2.87. The fourth-order valence-corrected chi connectivity index (χ4v) is 3.02. The second kappa shape index (κ2) is 5.53. The lowest BCUT2D eigenvalue weighted by Crippen LogP contribution is -2.26. The van der Waals surface area contributed by atoms with E-state index < -0.39 is 10.0 Å². The molecule has 0 unspecified atom stereocenters. The Morgan fingerprint density at radius 3 is 2.33 bits per heavy atom. The van der Waals surface area contributed by atoms with Gasteiger partial charge in [-0.25, -0.2) is 8.42 Å². The molecule has 3 N–H and O–H groups in total. The number of nitrogens with zero attached hydrogens (tertiary/aromatic N) is 1. The van der Waals surface area contributed by atoms with E-state index in [1.54, 1.807) is 0 Å². The molecular weight excluding hydrogens is 292 g/mol. The fraction of sp³-hybridized carbons (Fsp3) is 0.143. The maximum Gasteiger partial charge on any atom is 0.264 e. The van der Waals surface area contributed by atoms with Crippen LogP contribution >= 0.6 is 0 Å². The SMILES string of the molecule is COc1cc(S(=O)(=O)N(C)c2ccc(O)cc2)ccc1N. The molecule has 0 heterocycles. The van der Waals surface area contributed by atoms with Gasteiger partial charge in [0.05, 0.1) is 23.4 Å². The van der Waals surface area contributed by atoms with Gasteiger partial charge in [-0.2, -0.15) is 0 Å². The molecule has 0 saturated carbocycles. The first kappa shape index (κ1) is 15.0. The minimum absolute atomic E-state index is 0.0682. The molecule has 0 fully saturated rings. The zero-order chi connectivity index (χ0) is 15.6. The van der Waals surface area contributed by atoms with Crippen LogP contribution in [0, 0.1) is 0 Å². The molecule has 2 aromatic carbocycles. The maximum absolute atomic E-state index is 12.6. The van der Waals surface area contributed by atoms with Crippen LogP contribution in [-0.4, -0.2) is 27.7 Å². The van der Waals surface area contributed by atoms with Gasteiger partial charge >= 0.3 is 0 Å². The van der Waals surface area contributed by atoms with Crippen LogP contribution in [0.3, 0.4) is 0 Å². The molecule has 0 aliphatic heterocycles. The predicted molar refractivity (Wildman–Crippen MR) is 81.1 cm³/mol. The molecule has 0 atom stereocenters. The molecule has 0 aromatic heterocycles. The van der Waals surface area contributed by atoms with E-state index in [2.05, 4.69) is 0 Å². The van der Waals surface area contributed by atoms with E-state index in [9.17, 15) is 13.5 Å². The zero-order valence-corrected chi connectivity index (χ0v) is 12.5. The summed E-state index contributed by atoms with van der Waals surface area (Å²) in [6.07, 6.45) is 0. The fourth-order valence-electron chi connectivity index (χ4n) is 1.81. The molecule has 21 heavy (non-hydrogen) atoms. The molecule has 112 valence electrons. The summed E-state index contributed by atoms with van der Waals surface area (Å²) in [4.78, 5) is 0.0733. The first-order chi connectivity index (χ1) is 9.86. The van der Waals surface area contributed by atoms with E-state index in [-0.39, 0.29) is 10.6 Å². The summed E-state index contributed by atoms with van der Waals surface area (Å²) < 4.78 is 31.3. The summed E-state index contributed by atoms with van der Waals surface area (Å²) in [5.74, 6) is 0.369. The van der Waals surface area contributed by atoms with E-state index in [0.717, 1.165) is 4.31 Å². The Hall–Kier alpha value is -2.41. The van der Waals surface area contributed by atoms with Crippen molar-refractivity contribution in [3.63, 3.8) is 0 Å². The summed E-state index contributed by atoms with van der Waals surface area (Å²) in [7, 11) is -0.881. The Morgan fingerprint density at radius 1 is 1.14 bits per heavy atom. The predicted octanol–water partition coefficient (Wildman–Crippen LogP) is 1.81. The molecule has 0 bridgehead atoms. The summed E-state index contributed by atoms with van der Waals surface area (Å²) in [5.41, 5.74) is 6.48. The smallest absolute Gasteiger partial charge is 0.264 e. The van der Waals surface area contributed by atoms with Gasteiger partial charge in [-0.1, -0.05) is 0 Å². The minimum Gasteiger partial charge on any atom is -0.508 e. The van der Waals surface area contributed by atoms with Gasteiger partial charge in [-0.05, 0) is 36.4 Å². The number of methoxy groups -OCH3 is 1. The van der Waals surface area contributed by atoms with Gasteiger partial charge in [0, 0.05) is 13.1 Å². The second-order valence-corrected chi connectivity index (χ2v) is 6.36. The first-order valence-corrected chi connectivity index (χ1v) is 7.51. The van der Waals surface area contributed by atoms with Crippen molar-refractivity contribution in [1.82, 2.24) is 0 Å². The Bertz CT molecular complexity index is 742. The highest BCUT2D eigenvalue weighted by Gasteiger charge is 2.22. The molecule has 0 radical (unpaired) electrons. The van der Waals surface area contributed by atoms with Crippen molar-refractivity contribution in [3.8, 4) is 11.5 Å². The molecule has 0 saturated heterocycles. The number of ether oxygens (including phenoxy) is 1. The number of benzene rings is 2. The van der Waals surface area contributed by atoms with Crippen molar-refractivity contribution in [2.24, 2.45) is 0 Å². The van der Waals surface area contributed by atoms with Crippen LogP contribution in [0.2, 0.25) is 0 Å². The summed E-state index contributed by atoms with van der Waals surface area (Å²) >= 11 is 0. The van der Waals surface area contributed by atoms with Gasteiger partial charge in [0.15, 0.2) is 0 Å². The third-order valence-electron chi connectivity index (χ3n) is 3.08. The number of anilines is 2. The summed E-state index contributed by atoms with van der Waals surface area (Å²) in [5, 5.41) is 9.26. The van der Waals surface area contributed by atoms with Crippen molar-refractivity contribution >= 4 is 21.4 Å². The Balaban J connectivity index is 2.43. The number of hydrogen-bond donors (Lipinski definition) is 2. The second-order valence-electron chi connectivity index (χ2n) is 4.39. The van der Waals surface area contributed by atoms with Crippen molar-refractivity contribution in [2.75, 3.05) is 24.2 Å². The van der Waals surface area contributed by atoms with E-state index in [1.165, 1.54) is 56.6 Å². The van der Waals surface area contributed by atoms with Gasteiger partial charge < -0.3 is 15.6 Å². The molecule has 7 heteroatoms. The molecule has 0 aliphatic rings. The average Bonchev–Trinajstić information content (AvgIpc) is 2.47. The number of phenols is 1. The Morgan fingerprint density at radius 2 is 1.76 bits per heavy atom. The van der Waals surface area contributed by atoms with Gasteiger partial charge in [0.2, 0.25) is 0 Å². The monoisotopic (exact) mass is 308 g/mol. The number of rotatable bonds is 4. The average molecular weight is 308 g/mol. The molecular formula is C14H16N2O4S. The van der Waals surface area contributed by atoms with Gasteiger partial charge in [-0.15, -0.1) is 0 Å². The zero-order valence-electron chi connectivity index (χ0n) is 11.6. The van der Waals surface area contributed by atoms with Crippen molar-refractivity contribution < 1.29 is 18.3 Å². The Kier molecular flexibility index (Phi) is 3.95. The highest BCUT2D eigenvalue weighted by atomic mass is 32.2. The van der Waals surface area contributed by atoms with E-state index in [1.807, 2.05) is 0 Å². The molecule has 2 rings (SSSR count).